The van der Waals surface area contributed by atoms with Gasteiger partial charge in [-0.05, 0) is 170 Å². The highest BCUT2D eigenvalue weighted by molar-refractivity contribution is 6.31. The van der Waals surface area contributed by atoms with E-state index in [-0.39, 0.29) is 55.0 Å². The van der Waals surface area contributed by atoms with Crippen molar-refractivity contribution in [3.63, 3.8) is 0 Å². The normalized spacial score (nSPS) is 20.7. The first-order valence-corrected chi connectivity index (χ1v) is 32.7. The van der Waals surface area contributed by atoms with Crippen LogP contribution in [-0.4, -0.2) is 183 Å². The molecule has 482 valence electrons. The predicted molar refractivity (Wildman–Crippen MR) is 351 cm³/mol. The number of rotatable bonds is 19. The van der Waals surface area contributed by atoms with E-state index in [0.29, 0.717) is 85.6 Å². The Kier molecular flexibility index (Phi) is 21.5. The number of anilines is 2. The van der Waals surface area contributed by atoms with Gasteiger partial charge < -0.3 is 49.6 Å². The number of fused-ring (bicyclic) bond motifs is 6. The molecule has 3 N–H and O–H groups in total. The second kappa shape index (κ2) is 29.4. The number of hydrogen-bond donors (Lipinski definition) is 3. The molecule has 19 nitrogen and oxygen atoms in total. The van der Waals surface area contributed by atoms with E-state index in [1.54, 1.807) is 17.0 Å². The minimum absolute atomic E-state index is 0.0147. The molecule has 7 aliphatic rings. The summed E-state index contributed by atoms with van der Waals surface area (Å²) < 4.78 is 22.0. The minimum Gasteiger partial charge on any atom is -0.482 e. The zero-order valence-corrected chi connectivity index (χ0v) is 54.3. The fourth-order valence-corrected chi connectivity index (χ4v) is 13.6. The first kappa shape index (κ1) is 65.8. The van der Waals surface area contributed by atoms with E-state index in [4.69, 9.17) is 42.1 Å². The zero-order chi connectivity index (χ0) is 63.7. The topological polar surface area (TPSA) is 195 Å². The van der Waals surface area contributed by atoms with Gasteiger partial charge in [-0.2, -0.15) is 0 Å². The maximum atomic E-state index is 13.5. The number of piperazine rings is 1. The molecule has 0 aromatic heterocycles. The Bertz CT molecular complexity index is 3340. The van der Waals surface area contributed by atoms with Crippen LogP contribution < -0.4 is 35.2 Å². The van der Waals surface area contributed by atoms with Gasteiger partial charge >= 0.3 is 12.2 Å². The molecule has 0 spiro atoms. The van der Waals surface area contributed by atoms with Gasteiger partial charge in [0.15, 0.2) is 13.2 Å². The number of amides is 6. The van der Waals surface area contributed by atoms with Crippen molar-refractivity contribution in [1.82, 2.24) is 35.6 Å². The number of carbonyl (C=O) groups is 6. The lowest BCUT2D eigenvalue weighted by atomic mass is 9.91. The molecule has 4 bridgehead atoms. The van der Waals surface area contributed by atoms with Crippen molar-refractivity contribution in [3.05, 3.63) is 129 Å². The Morgan fingerprint density at radius 1 is 0.544 bits per heavy atom. The Hall–Kier alpha value is -7.16. The van der Waals surface area contributed by atoms with E-state index in [9.17, 15) is 28.8 Å². The summed E-state index contributed by atoms with van der Waals surface area (Å²) in [6.45, 7) is 19.0. The standard InChI is InChI=1S/C35H44ClN5O5.C34H43ClN4O5/c1-35(2,3)46-34(44)39-16-14-38(15-17-39)13-12-37-33(43)29-22-25(36)8-11-28(29)24-20-26-9-10-27(21-24)40(26)18-19-41-30-6-4-5-7-31(30)45-23-32(41)42;1-34(2,3)44-33(42)37-16-8-4-7-15-36-32(41)28-21-24(35)11-14-27(28)23-19-25-12-13-26(20-23)38(25)17-18-39-29-9-5-6-10-30(29)43-22-31(39)40/h4-8,11,20,22,26-27H,9-10,12-19,21,23H2,1-3H3,(H,37,43);5-6,9-11,14,19,21,25-26H,4,7-8,12-13,15-18,20,22H2,1-3H3,(H,36,41)(H,37,42). The molecule has 0 aliphatic carbocycles. The summed E-state index contributed by atoms with van der Waals surface area (Å²) in [6, 6.07) is 27.8. The summed E-state index contributed by atoms with van der Waals surface area (Å²) in [5, 5.41) is 9.99. The highest BCUT2D eigenvalue weighted by Gasteiger charge is 2.40. The lowest BCUT2D eigenvalue weighted by Crippen LogP contribution is -2.51. The molecular formula is C69H87Cl2N9O10. The Morgan fingerprint density at radius 3 is 1.49 bits per heavy atom. The molecule has 7 aliphatic heterocycles. The molecule has 4 aromatic rings. The number of nitrogens with one attached hydrogen (secondary N) is 3. The Labute approximate surface area is 539 Å². The van der Waals surface area contributed by atoms with Crippen molar-refractivity contribution < 1.29 is 47.7 Å². The van der Waals surface area contributed by atoms with E-state index in [0.717, 1.165) is 118 Å². The molecule has 11 rings (SSSR count). The third-order valence-corrected chi connectivity index (χ3v) is 18.0. The van der Waals surface area contributed by atoms with Crippen LogP contribution in [0.15, 0.2) is 97.1 Å². The largest absolute Gasteiger partial charge is 0.482 e. The van der Waals surface area contributed by atoms with Gasteiger partial charge in [0.1, 0.15) is 22.7 Å². The van der Waals surface area contributed by atoms with Gasteiger partial charge in [0.25, 0.3) is 23.6 Å². The molecule has 3 saturated heterocycles. The molecule has 4 aromatic carbocycles. The molecule has 6 amide bonds. The van der Waals surface area contributed by atoms with E-state index in [1.165, 1.54) is 11.1 Å². The van der Waals surface area contributed by atoms with E-state index < -0.39 is 17.3 Å². The molecule has 4 atom stereocenters. The first-order chi connectivity index (χ1) is 43.1. The molecule has 3 fully saturated rings. The summed E-state index contributed by atoms with van der Waals surface area (Å²) in [4.78, 5) is 89.0. The fourth-order valence-electron chi connectivity index (χ4n) is 13.3. The number of ether oxygens (including phenoxy) is 4. The second-order valence-corrected chi connectivity index (χ2v) is 27.0. The summed E-state index contributed by atoms with van der Waals surface area (Å²) in [6.07, 6.45) is 12.3. The maximum Gasteiger partial charge on any atom is 0.410 e. The van der Waals surface area contributed by atoms with Crippen molar-refractivity contribution in [1.29, 1.82) is 0 Å². The Morgan fingerprint density at radius 2 is 1.01 bits per heavy atom. The molecule has 21 heteroatoms. The predicted octanol–water partition coefficient (Wildman–Crippen LogP) is 10.5. The van der Waals surface area contributed by atoms with E-state index in [1.807, 2.05) is 124 Å². The van der Waals surface area contributed by atoms with Crippen LogP contribution in [0.25, 0.3) is 11.1 Å². The highest BCUT2D eigenvalue weighted by Crippen LogP contribution is 2.42. The van der Waals surface area contributed by atoms with Crippen LogP contribution in [-0.2, 0) is 19.1 Å². The van der Waals surface area contributed by atoms with Gasteiger partial charge in [-0.15, -0.1) is 0 Å². The van der Waals surface area contributed by atoms with Crippen molar-refractivity contribution >= 4 is 81.5 Å². The monoisotopic (exact) mass is 1270 g/mol. The number of hydrogen-bond acceptors (Lipinski definition) is 13. The van der Waals surface area contributed by atoms with Gasteiger partial charge in [0, 0.05) is 124 Å². The Balaban J connectivity index is 0.000000198. The summed E-state index contributed by atoms with van der Waals surface area (Å²) >= 11 is 12.7. The first-order valence-electron chi connectivity index (χ1n) is 32.0. The van der Waals surface area contributed by atoms with Crippen LogP contribution in [0.2, 0.25) is 10.0 Å². The summed E-state index contributed by atoms with van der Waals surface area (Å²) in [5.74, 6) is 1.21. The molecule has 7 heterocycles. The average Bonchev–Trinajstić information content (AvgIpc) is 1.55. The van der Waals surface area contributed by atoms with Crippen LogP contribution in [0, 0.1) is 0 Å². The van der Waals surface area contributed by atoms with Gasteiger partial charge in [-0.3, -0.25) is 33.9 Å². The second-order valence-electron chi connectivity index (χ2n) is 26.2. The number of nitrogens with zero attached hydrogens (tertiary/aromatic N) is 6. The SMILES string of the molecule is CC(C)(C)OC(=O)N1CCN(CCNC(=O)c2cc(Cl)ccc2C2=CC3CCC(C2)N3CCN2C(=O)COc3ccccc32)CC1.CC(C)(C)OC(=O)NCCCCCNC(=O)c1cc(Cl)ccc1C1=CC2CCC(C1)N2CCN1C(=O)COc2ccccc21. The van der Waals surface area contributed by atoms with Crippen LogP contribution in [0.3, 0.4) is 0 Å². The van der Waals surface area contributed by atoms with Gasteiger partial charge in [0.2, 0.25) is 0 Å². The zero-order valence-electron chi connectivity index (χ0n) is 52.8. The van der Waals surface area contributed by atoms with Crippen molar-refractivity contribution in [2.75, 3.05) is 102 Å². The molecule has 90 heavy (non-hydrogen) atoms. The quantitative estimate of drug-likeness (QED) is 0.0751. The highest BCUT2D eigenvalue weighted by atomic mass is 35.5. The molecule has 0 radical (unpaired) electrons. The van der Waals surface area contributed by atoms with Crippen LogP contribution in [0.1, 0.15) is 131 Å². The average molecular weight is 1270 g/mol. The number of para-hydroxylation sites is 4. The third kappa shape index (κ3) is 16.9. The summed E-state index contributed by atoms with van der Waals surface area (Å²) in [7, 11) is 0. The van der Waals surface area contributed by atoms with Crippen LogP contribution >= 0.6 is 23.2 Å². The van der Waals surface area contributed by atoms with Crippen molar-refractivity contribution in [2.24, 2.45) is 0 Å². The van der Waals surface area contributed by atoms with E-state index >= 15 is 0 Å². The molecular weight excluding hydrogens is 1190 g/mol. The van der Waals surface area contributed by atoms with Crippen LogP contribution in [0.4, 0.5) is 21.0 Å². The fraction of sp³-hybridized carbons (Fsp3) is 0.507. The van der Waals surface area contributed by atoms with Crippen molar-refractivity contribution in [2.45, 2.75) is 135 Å². The third-order valence-electron chi connectivity index (χ3n) is 17.5. The number of alkyl carbamates (subject to hydrolysis) is 1. The number of unbranched alkanes of at least 4 members (excludes halogenated alkanes) is 2. The summed E-state index contributed by atoms with van der Waals surface area (Å²) in [5.41, 5.74) is 6.05. The van der Waals surface area contributed by atoms with Gasteiger partial charge in [-0.1, -0.05) is 71.8 Å². The minimum atomic E-state index is -0.515. The van der Waals surface area contributed by atoms with Crippen LogP contribution in [0.5, 0.6) is 11.5 Å². The molecule has 4 unspecified atom stereocenters. The molecule has 0 saturated carbocycles. The van der Waals surface area contributed by atoms with Gasteiger partial charge in [0.05, 0.1) is 11.4 Å². The van der Waals surface area contributed by atoms with Gasteiger partial charge in [-0.25, -0.2) is 9.59 Å². The smallest absolute Gasteiger partial charge is 0.410 e. The lowest BCUT2D eigenvalue weighted by Gasteiger charge is -2.37. The number of benzene rings is 4. The van der Waals surface area contributed by atoms with Crippen molar-refractivity contribution in [3.8, 4) is 11.5 Å². The number of carbonyl (C=O) groups excluding carboxylic acids is 6. The number of halogens is 2. The van der Waals surface area contributed by atoms with E-state index in [2.05, 4.69) is 42.8 Å². The maximum absolute atomic E-state index is 13.5. The lowest BCUT2D eigenvalue weighted by molar-refractivity contribution is -0.122.